The molecule has 1 heterocycles. The zero-order valence-electron chi connectivity index (χ0n) is 12.3. The number of ketones is 1. The Bertz CT molecular complexity index is 724. The fourth-order valence-corrected chi connectivity index (χ4v) is 2.18. The summed E-state index contributed by atoms with van der Waals surface area (Å²) in [6, 6.07) is 10.9. The van der Waals surface area contributed by atoms with Crippen molar-refractivity contribution in [2.24, 2.45) is 0 Å². The van der Waals surface area contributed by atoms with Gasteiger partial charge in [-0.2, -0.15) is 0 Å². The summed E-state index contributed by atoms with van der Waals surface area (Å²) in [5.41, 5.74) is 0.427. The molecule has 2 aromatic rings. The molecule has 0 radical (unpaired) electrons. The van der Waals surface area contributed by atoms with Gasteiger partial charge >= 0.3 is 0 Å². The molecule has 114 valence electrons. The summed E-state index contributed by atoms with van der Waals surface area (Å²) in [5, 5.41) is 0. The number of ether oxygens (including phenoxy) is 3. The van der Waals surface area contributed by atoms with E-state index in [9.17, 15) is 9.18 Å². The maximum Gasteiger partial charge on any atom is 0.246 e. The van der Waals surface area contributed by atoms with Gasteiger partial charge in [0.2, 0.25) is 5.79 Å². The van der Waals surface area contributed by atoms with Gasteiger partial charge in [0.1, 0.15) is 0 Å². The summed E-state index contributed by atoms with van der Waals surface area (Å²) >= 11 is 0. The normalized spacial score (nSPS) is 14.7. The molecule has 0 aliphatic carbocycles. The molecule has 0 fully saturated rings. The third kappa shape index (κ3) is 2.88. The van der Waals surface area contributed by atoms with E-state index in [0.29, 0.717) is 17.1 Å². The summed E-state index contributed by atoms with van der Waals surface area (Å²) < 4.78 is 29.8. The number of hydrogen-bond acceptors (Lipinski definition) is 4. The first-order chi connectivity index (χ1) is 10.4. The van der Waals surface area contributed by atoms with Gasteiger partial charge in [-0.15, -0.1) is 0 Å². The molecule has 0 aromatic heterocycles. The highest BCUT2D eigenvalue weighted by atomic mass is 19.1. The number of fused-ring (bicyclic) bond motifs is 1. The number of halogens is 1. The van der Waals surface area contributed by atoms with Crippen LogP contribution in [-0.4, -0.2) is 18.2 Å². The molecule has 22 heavy (non-hydrogen) atoms. The van der Waals surface area contributed by atoms with E-state index in [1.807, 2.05) is 0 Å². The standard InChI is InChI=1S/C17H15FO4/c1-17(2)21-15-8-7-11(9-16(15)22-17)13(19)10-20-14-6-4-3-5-12(14)18/h3-9H,10H2,1-2H3. The SMILES string of the molecule is CC1(C)Oc2ccc(C(=O)COc3ccccc3F)cc2O1. The van der Waals surface area contributed by atoms with Crippen molar-refractivity contribution in [3.8, 4) is 17.2 Å². The monoisotopic (exact) mass is 302 g/mol. The van der Waals surface area contributed by atoms with Crippen LogP contribution in [-0.2, 0) is 0 Å². The predicted molar refractivity (Wildman–Crippen MR) is 78.0 cm³/mol. The van der Waals surface area contributed by atoms with E-state index >= 15 is 0 Å². The molecule has 1 aliphatic heterocycles. The molecule has 0 N–H and O–H groups in total. The number of para-hydroxylation sites is 1. The number of carbonyl (C=O) groups excluding carboxylic acids is 1. The Hall–Kier alpha value is -2.56. The quantitative estimate of drug-likeness (QED) is 0.810. The highest BCUT2D eigenvalue weighted by Gasteiger charge is 2.32. The summed E-state index contributed by atoms with van der Waals surface area (Å²) in [4.78, 5) is 12.1. The smallest absolute Gasteiger partial charge is 0.246 e. The second-order valence-corrected chi connectivity index (χ2v) is 5.41. The minimum absolute atomic E-state index is 0.0535. The van der Waals surface area contributed by atoms with Crippen molar-refractivity contribution in [2.45, 2.75) is 19.6 Å². The lowest BCUT2D eigenvalue weighted by molar-refractivity contribution is -0.0431. The molecule has 2 aromatic carbocycles. The van der Waals surface area contributed by atoms with Gasteiger partial charge in [-0.05, 0) is 30.3 Å². The van der Waals surface area contributed by atoms with Gasteiger partial charge in [0.25, 0.3) is 0 Å². The first-order valence-corrected chi connectivity index (χ1v) is 6.87. The summed E-state index contributed by atoms with van der Waals surface area (Å²) in [6.07, 6.45) is 0. The topological polar surface area (TPSA) is 44.8 Å². The van der Waals surface area contributed by atoms with Crippen molar-refractivity contribution in [2.75, 3.05) is 6.61 Å². The highest BCUT2D eigenvalue weighted by molar-refractivity contribution is 5.97. The van der Waals surface area contributed by atoms with Gasteiger partial charge in [0, 0.05) is 19.4 Å². The van der Waals surface area contributed by atoms with Gasteiger partial charge < -0.3 is 14.2 Å². The van der Waals surface area contributed by atoms with Gasteiger partial charge in [-0.3, -0.25) is 4.79 Å². The Morgan fingerprint density at radius 3 is 2.64 bits per heavy atom. The number of rotatable bonds is 4. The van der Waals surface area contributed by atoms with Crippen LogP contribution in [0.5, 0.6) is 17.2 Å². The third-order valence-corrected chi connectivity index (χ3v) is 3.17. The van der Waals surface area contributed by atoms with E-state index in [2.05, 4.69) is 0 Å². The molecule has 0 saturated carbocycles. The van der Waals surface area contributed by atoms with Crippen LogP contribution in [0.4, 0.5) is 4.39 Å². The van der Waals surface area contributed by atoms with E-state index in [-0.39, 0.29) is 18.1 Å². The van der Waals surface area contributed by atoms with Crippen molar-refractivity contribution < 1.29 is 23.4 Å². The molecule has 0 saturated heterocycles. The first-order valence-electron chi connectivity index (χ1n) is 6.87. The van der Waals surface area contributed by atoms with Gasteiger partial charge in [0.05, 0.1) is 0 Å². The van der Waals surface area contributed by atoms with Crippen molar-refractivity contribution in [3.05, 3.63) is 53.8 Å². The molecule has 0 atom stereocenters. The minimum atomic E-state index is -0.742. The molecule has 0 bridgehead atoms. The maximum absolute atomic E-state index is 13.4. The van der Waals surface area contributed by atoms with Crippen LogP contribution in [0.15, 0.2) is 42.5 Å². The predicted octanol–water partition coefficient (Wildman–Crippen LogP) is 3.59. The average Bonchev–Trinajstić information content (AvgIpc) is 2.78. The fourth-order valence-electron chi connectivity index (χ4n) is 2.18. The Balaban J connectivity index is 1.70. The van der Waals surface area contributed by atoms with Crippen LogP contribution in [0.1, 0.15) is 24.2 Å². The van der Waals surface area contributed by atoms with E-state index < -0.39 is 11.6 Å². The number of hydrogen-bond donors (Lipinski definition) is 0. The second kappa shape index (κ2) is 5.33. The molecule has 0 spiro atoms. The van der Waals surface area contributed by atoms with Crippen LogP contribution >= 0.6 is 0 Å². The molecule has 4 nitrogen and oxygen atoms in total. The summed E-state index contributed by atoms with van der Waals surface area (Å²) in [6.45, 7) is 3.33. The fraction of sp³-hybridized carbons (Fsp3) is 0.235. The molecule has 0 unspecified atom stereocenters. The van der Waals surface area contributed by atoms with Crippen LogP contribution in [0.25, 0.3) is 0 Å². The van der Waals surface area contributed by atoms with Crippen molar-refractivity contribution in [3.63, 3.8) is 0 Å². The Morgan fingerprint density at radius 2 is 1.86 bits per heavy atom. The van der Waals surface area contributed by atoms with E-state index in [1.165, 1.54) is 12.1 Å². The van der Waals surface area contributed by atoms with E-state index in [1.54, 1.807) is 44.2 Å². The van der Waals surface area contributed by atoms with E-state index in [4.69, 9.17) is 14.2 Å². The van der Waals surface area contributed by atoms with Crippen molar-refractivity contribution >= 4 is 5.78 Å². The lowest BCUT2D eigenvalue weighted by atomic mass is 10.1. The number of Topliss-reactive ketones (excluding diaryl/α,β-unsaturated/α-hetero) is 1. The Kier molecular flexibility index (Phi) is 3.48. The van der Waals surface area contributed by atoms with Crippen LogP contribution < -0.4 is 14.2 Å². The van der Waals surface area contributed by atoms with Crippen LogP contribution in [0, 0.1) is 5.82 Å². The molecule has 0 amide bonds. The average molecular weight is 302 g/mol. The molecule has 1 aliphatic rings. The maximum atomic E-state index is 13.4. The lowest BCUT2D eigenvalue weighted by Gasteiger charge is -2.16. The number of carbonyl (C=O) groups is 1. The van der Waals surface area contributed by atoms with Gasteiger partial charge in [0.15, 0.2) is 35.5 Å². The van der Waals surface area contributed by atoms with Gasteiger partial charge in [-0.25, -0.2) is 4.39 Å². The minimum Gasteiger partial charge on any atom is -0.482 e. The second-order valence-electron chi connectivity index (χ2n) is 5.41. The van der Waals surface area contributed by atoms with E-state index in [0.717, 1.165) is 0 Å². The third-order valence-electron chi connectivity index (χ3n) is 3.17. The first kappa shape index (κ1) is 14.4. The van der Waals surface area contributed by atoms with Crippen molar-refractivity contribution in [1.82, 2.24) is 0 Å². The van der Waals surface area contributed by atoms with Gasteiger partial charge in [-0.1, -0.05) is 12.1 Å². The largest absolute Gasteiger partial charge is 0.482 e. The Labute approximate surface area is 127 Å². The van der Waals surface area contributed by atoms with Crippen molar-refractivity contribution in [1.29, 1.82) is 0 Å². The molecular formula is C17H15FO4. The highest BCUT2D eigenvalue weighted by Crippen LogP contribution is 2.39. The van der Waals surface area contributed by atoms with Crippen LogP contribution in [0.2, 0.25) is 0 Å². The Morgan fingerprint density at radius 1 is 1.14 bits per heavy atom. The molecular weight excluding hydrogens is 287 g/mol. The zero-order chi connectivity index (χ0) is 15.7. The summed E-state index contributed by atoms with van der Waals surface area (Å²) in [5.74, 6) is -0.341. The molecule has 3 rings (SSSR count). The number of benzene rings is 2. The lowest BCUT2D eigenvalue weighted by Crippen LogP contribution is -2.29. The zero-order valence-corrected chi connectivity index (χ0v) is 12.3. The van der Waals surface area contributed by atoms with Crippen LogP contribution in [0.3, 0.4) is 0 Å². The summed E-state index contributed by atoms with van der Waals surface area (Å²) in [7, 11) is 0. The molecule has 5 heteroatoms.